The van der Waals surface area contributed by atoms with E-state index in [1.165, 1.54) is 30.5 Å². The van der Waals surface area contributed by atoms with Crippen LogP contribution in [0.5, 0.6) is 0 Å². The second kappa shape index (κ2) is 10.1. The first-order valence-corrected chi connectivity index (χ1v) is 12.4. The first kappa shape index (κ1) is 25.2. The average molecular weight is 530 g/mol. The van der Waals surface area contributed by atoms with Crippen molar-refractivity contribution in [3.05, 3.63) is 117 Å². The Balaban J connectivity index is 1.55. The number of nitrogens with zero attached hydrogens (tertiary/aromatic N) is 2. The van der Waals surface area contributed by atoms with Crippen LogP contribution in [-0.4, -0.2) is 21.6 Å². The maximum absolute atomic E-state index is 13.7. The third kappa shape index (κ3) is 4.78. The molecule has 9 heteroatoms. The summed E-state index contributed by atoms with van der Waals surface area (Å²) in [6, 6.07) is 17.8. The van der Waals surface area contributed by atoms with Crippen molar-refractivity contribution >= 4 is 40.6 Å². The highest BCUT2D eigenvalue weighted by Gasteiger charge is 2.36. The predicted molar refractivity (Wildman–Crippen MR) is 147 cm³/mol. The Morgan fingerprint density at radius 1 is 0.974 bits per heavy atom. The van der Waals surface area contributed by atoms with Crippen LogP contribution in [-0.2, 0) is 4.79 Å². The van der Waals surface area contributed by atoms with Gasteiger partial charge in [-0.1, -0.05) is 47.5 Å². The van der Waals surface area contributed by atoms with Crippen molar-refractivity contribution in [2.24, 2.45) is 0 Å². The number of carbonyl (C=O) groups excluding carboxylic acids is 2. The number of nitrogens with one attached hydrogen (secondary N) is 3. The van der Waals surface area contributed by atoms with Crippen molar-refractivity contribution < 1.29 is 14.0 Å². The van der Waals surface area contributed by atoms with E-state index in [2.05, 4.69) is 21.0 Å². The fraction of sp³-hybridized carbons (Fsp3) is 0.138. The van der Waals surface area contributed by atoms with Crippen LogP contribution >= 0.6 is 11.6 Å². The lowest BCUT2D eigenvalue weighted by atomic mass is 9.94. The van der Waals surface area contributed by atoms with E-state index in [9.17, 15) is 14.0 Å². The number of carbonyl (C=O) groups is 2. The number of hydrogen-bond donors (Lipinski definition) is 3. The van der Waals surface area contributed by atoms with Gasteiger partial charge >= 0.3 is 0 Å². The summed E-state index contributed by atoms with van der Waals surface area (Å²) >= 11 is 6.61. The van der Waals surface area contributed by atoms with Crippen LogP contribution in [0.25, 0.3) is 0 Å². The average Bonchev–Trinajstić information content (AvgIpc) is 3.30. The van der Waals surface area contributed by atoms with Crippen molar-refractivity contribution in [1.82, 2.24) is 9.78 Å². The summed E-state index contributed by atoms with van der Waals surface area (Å²) in [5.74, 6) is -0.734. The minimum absolute atomic E-state index is 0.263. The molecule has 1 aromatic heterocycles. The Bertz CT molecular complexity index is 1590. The summed E-state index contributed by atoms with van der Waals surface area (Å²) < 4.78 is 14.9. The molecule has 7 nitrogen and oxygen atoms in total. The number of anilines is 3. The SMILES string of the molecule is CC1=C(C(=O)Nc2ccc(C)cc2C)[C@@H](c2ccccc2Cl)n2ncc(C(=O)Nc3ccc(F)cc3)c2N1. The Labute approximate surface area is 224 Å². The van der Waals surface area contributed by atoms with Crippen molar-refractivity contribution in [2.45, 2.75) is 26.8 Å². The predicted octanol–water partition coefficient (Wildman–Crippen LogP) is 6.47. The molecule has 1 aliphatic rings. The fourth-order valence-corrected chi connectivity index (χ4v) is 4.81. The lowest BCUT2D eigenvalue weighted by molar-refractivity contribution is -0.113. The van der Waals surface area contributed by atoms with E-state index >= 15 is 0 Å². The van der Waals surface area contributed by atoms with Gasteiger partial charge in [-0.15, -0.1) is 0 Å². The molecular formula is C29H25ClFN5O2. The Morgan fingerprint density at radius 3 is 2.42 bits per heavy atom. The monoisotopic (exact) mass is 529 g/mol. The largest absolute Gasteiger partial charge is 0.343 e. The van der Waals surface area contributed by atoms with E-state index < -0.39 is 17.8 Å². The number of aryl methyl sites for hydroxylation is 2. The molecule has 3 N–H and O–H groups in total. The minimum Gasteiger partial charge on any atom is -0.343 e. The van der Waals surface area contributed by atoms with E-state index in [1.54, 1.807) is 17.7 Å². The van der Waals surface area contributed by atoms with Crippen LogP contribution in [0.3, 0.4) is 0 Å². The Hall–Kier alpha value is -4.43. The lowest BCUT2D eigenvalue weighted by Gasteiger charge is -2.30. The van der Waals surface area contributed by atoms with Crippen LogP contribution in [0, 0.1) is 19.7 Å². The molecular weight excluding hydrogens is 505 g/mol. The van der Waals surface area contributed by atoms with E-state index in [0.29, 0.717) is 39.0 Å². The summed E-state index contributed by atoms with van der Waals surface area (Å²) in [5, 5.41) is 13.9. The van der Waals surface area contributed by atoms with E-state index in [1.807, 2.05) is 50.2 Å². The highest BCUT2D eigenvalue weighted by Crippen LogP contribution is 2.40. The van der Waals surface area contributed by atoms with Crippen molar-refractivity contribution in [3.63, 3.8) is 0 Å². The van der Waals surface area contributed by atoms with Crippen molar-refractivity contribution in [2.75, 3.05) is 16.0 Å². The number of fused-ring (bicyclic) bond motifs is 1. The maximum atomic E-state index is 13.7. The molecule has 0 radical (unpaired) electrons. The molecule has 0 saturated carbocycles. The van der Waals surface area contributed by atoms with Crippen LogP contribution < -0.4 is 16.0 Å². The van der Waals surface area contributed by atoms with E-state index in [0.717, 1.165) is 11.1 Å². The first-order chi connectivity index (χ1) is 18.2. The fourth-order valence-electron chi connectivity index (χ4n) is 4.57. The van der Waals surface area contributed by atoms with Gasteiger partial charge in [0, 0.05) is 27.7 Å². The van der Waals surface area contributed by atoms with Crippen LogP contribution in [0.15, 0.2) is 84.2 Å². The summed E-state index contributed by atoms with van der Waals surface area (Å²) in [6.45, 7) is 5.71. The summed E-state index contributed by atoms with van der Waals surface area (Å²) in [6.07, 6.45) is 1.43. The van der Waals surface area contributed by atoms with E-state index in [4.69, 9.17) is 11.6 Å². The number of rotatable bonds is 5. The molecule has 0 aliphatic carbocycles. The third-order valence-electron chi connectivity index (χ3n) is 6.44. The van der Waals surface area contributed by atoms with Gasteiger partial charge in [0.05, 0.1) is 11.8 Å². The zero-order valence-electron chi connectivity index (χ0n) is 21.0. The number of benzene rings is 3. The molecule has 2 amide bonds. The summed E-state index contributed by atoms with van der Waals surface area (Å²) in [7, 11) is 0. The molecule has 1 atom stereocenters. The number of amides is 2. The van der Waals surface area contributed by atoms with Gasteiger partial charge in [0.2, 0.25) is 0 Å². The normalized spacial score (nSPS) is 14.5. The van der Waals surface area contributed by atoms with Gasteiger partial charge < -0.3 is 16.0 Å². The van der Waals surface area contributed by atoms with Gasteiger partial charge in [0.25, 0.3) is 11.8 Å². The highest BCUT2D eigenvalue weighted by molar-refractivity contribution is 6.31. The quantitative estimate of drug-likeness (QED) is 0.276. The maximum Gasteiger partial charge on any atom is 0.261 e. The number of hydrogen-bond acceptors (Lipinski definition) is 4. The second-order valence-electron chi connectivity index (χ2n) is 9.17. The molecule has 2 heterocycles. The summed E-state index contributed by atoms with van der Waals surface area (Å²) in [5.41, 5.74) is 5.07. The molecule has 3 aromatic carbocycles. The van der Waals surface area contributed by atoms with Gasteiger partial charge in [-0.3, -0.25) is 9.59 Å². The zero-order valence-corrected chi connectivity index (χ0v) is 21.7. The molecule has 4 aromatic rings. The smallest absolute Gasteiger partial charge is 0.261 e. The molecule has 5 rings (SSSR count). The van der Waals surface area contributed by atoms with Gasteiger partial charge in [-0.05, 0) is 62.7 Å². The van der Waals surface area contributed by atoms with Gasteiger partial charge in [0.15, 0.2) is 0 Å². The lowest BCUT2D eigenvalue weighted by Crippen LogP contribution is -2.32. The molecule has 192 valence electrons. The first-order valence-electron chi connectivity index (χ1n) is 12.0. The summed E-state index contributed by atoms with van der Waals surface area (Å²) in [4.78, 5) is 26.9. The Kier molecular flexibility index (Phi) is 6.73. The van der Waals surface area contributed by atoms with Gasteiger partial charge in [0.1, 0.15) is 23.2 Å². The third-order valence-corrected chi connectivity index (χ3v) is 6.79. The molecule has 1 aliphatic heterocycles. The van der Waals surface area contributed by atoms with Crippen LogP contribution in [0.2, 0.25) is 5.02 Å². The number of halogens is 2. The second-order valence-corrected chi connectivity index (χ2v) is 9.58. The molecule has 38 heavy (non-hydrogen) atoms. The molecule has 0 saturated heterocycles. The number of allylic oxidation sites excluding steroid dienone is 1. The minimum atomic E-state index is -0.696. The van der Waals surface area contributed by atoms with E-state index in [-0.39, 0.29) is 11.5 Å². The van der Waals surface area contributed by atoms with Crippen molar-refractivity contribution in [3.8, 4) is 0 Å². The van der Waals surface area contributed by atoms with Crippen LogP contribution in [0.1, 0.15) is 40.0 Å². The Morgan fingerprint density at radius 2 is 1.71 bits per heavy atom. The zero-order chi connectivity index (χ0) is 27.0. The highest BCUT2D eigenvalue weighted by atomic mass is 35.5. The molecule has 0 fully saturated rings. The molecule has 0 bridgehead atoms. The number of aromatic nitrogens is 2. The molecule has 0 unspecified atom stereocenters. The van der Waals surface area contributed by atoms with Gasteiger partial charge in [-0.2, -0.15) is 5.10 Å². The topological polar surface area (TPSA) is 88.0 Å². The molecule has 0 spiro atoms. The van der Waals surface area contributed by atoms with Crippen LogP contribution in [0.4, 0.5) is 21.6 Å². The standard InChI is InChI=1S/C29H25ClFN5O2/c1-16-8-13-24(17(2)14-16)35-29(38)25-18(3)33-27-22(28(37)34-20-11-9-19(31)10-12-20)15-32-36(27)26(25)21-6-4-5-7-23(21)30/h4-15,26,33H,1-3H3,(H,34,37)(H,35,38)/t26-/m1/s1. The van der Waals surface area contributed by atoms with Crippen molar-refractivity contribution in [1.29, 1.82) is 0 Å². The van der Waals surface area contributed by atoms with Gasteiger partial charge in [-0.25, -0.2) is 9.07 Å².